The van der Waals surface area contributed by atoms with Crippen molar-refractivity contribution in [1.29, 1.82) is 0 Å². The standard InChI is InChI=1S/C19H18N4O2/c1-13-7-8-15(12-23-13)18(24)21-10-11-22-19(25)16-6-2-4-14-5-3-9-20-17(14)16/h2-9,12H,10-11H2,1H3,(H,21,24)(H,22,25). The number of rotatable bonds is 5. The molecule has 0 unspecified atom stereocenters. The van der Waals surface area contributed by atoms with E-state index in [0.29, 0.717) is 29.7 Å². The lowest BCUT2D eigenvalue weighted by atomic mass is 10.1. The summed E-state index contributed by atoms with van der Waals surface area (Å²) in [6, 6.07) is 12.7. The summed E-state index contributed by atoms with van der Waals surface area (Å²) in [5.41, 5.74) is 2.53. The summed E-state index contributed by atoms with van der Waals surface area (Å²) in [6.45, 7) is 2.52. The molecule has 0 spiro atoms. The fourth-order valence-electron chi connectivity index (χ4n) is 2.44. The first-order valence-electron chi connectivity index (χ1n) is 7.98. The number of carbonyl (C=O) groups is 2. The van der Waals surface area contributed by atoms with Gasteiger partial charge in [-0.3, -0.25) is 19.6 Å². The first kappa shape index (κ1) is 16.6. The SMILES string of the molecule is Cc1ccc(C(=O)NCCNC(=O)c2cccc3cccnc23)cn1. The number of hydrogen-bond acceptors (Lipinski definition) is 4. The van der Waals surface area contributed by atoms with E-state index in [-0.39, 0.29) is 11.8 Å². The molecule has 25 heavy (non-hydrogen) atoms. The molecule has 0 saturated carbocycles. The van der Waals surface area contributed by atoms with Crippen LogP contribution in [-0.4, -0.2) is 34.9 Å². The van der Waals surface area contributed by atoms with Crippen molar-refractivity contribution in [3.05, 3.63) is 71.7 Å². The van der Waals surface area contributed by atoms with Gasteiger partial charge in [-0.15, -0.1) is 0 Å². The van der Waals surface area contributed by atoms with Crippen molar-refractivity contribution in [2.75, 3.05) is 13.1 Å². The van der Waals surface area contributed by atoms with Crippen LogP contribution in [0.1, 0.15) is 26.4 Å². The fourth-order valence-corrected chi connectivity index (χ4v) is 2.44. The molecular formula is C19H18N4O2. The van der Waals surface area contributed by atoms with Crippen molar-refractivity contribution in [2.45, 2.75) is 6.92 Å². The van der Waals surface area contributed by atoms with Gasteiger partial charge in [0.1, 0.15) is 0 Å². The molecule has 2 aromatic heterocycles. The maximum Gasteiger partial charge on any atom is 0.253 e. The van der Waals surface area contributed by atoms with Gasteiger partial charge in [-0.25, -0.2) is 0 Å². The third kappa shape index (κ3) is 3.98. The molecule has 6 heteroatoms. The van der Waals surface area contributed by atoms with E-state index in [1.165, 1.54) is 6.20 Å². The number of nitrogens with one attached hydrogen (secondary N) is 2. The van der Waals surface area contributed by atoms with E-state index >= 15 is 0 Å². The molecule has 1 aromatic carbocycles. The van der Waals surface area contributed by atoms with E-state index in [1.54, 1.807) is 24.4 Å². The average Bonchev–Trinajstić information content (AvgIpc) is 2.65. The van der Waals surface area contributed by atoms with Crippen molar-refractivity contribution < 1.29 is 9.59 Å². The lowest BCUT2D eigenvalue weighted by Gasteiger charge is -2.08. The van der Waals surface area contributed by atoms with Gasteiger partial charge in [0, 0.05) is 36.6 Å². The Morgan fingerprint density at radius 2 is 1.68 bits per heavy atom. The molecule has 3 aromatic rings. The van der Waals surface area contributed by atoms with Gasteiger partial charge in [0.15, 0.2) is 0 Å². The van der Waals surface area contributed by atoms with Gasteiger partial charge in [-0.1, -0.05) is 18.2 Å². The van der Waals surface area contributed by atoms with Gasteiger partial charge in [0.2, 0.25) is 0 Å². The number of amides is 2. The first-order chi connectivity index (χ1) is 12.1. The van der Waals surface area contributed by atoms with Gasteiger partial charge in [0.25, 0.3) is 11.8 Å². The Morgan fingerprint density at radius 1 is 0.920 bits per heavy atom. The largest absolute Gasteiger partial charge is 0.350 e. The second-order valence-corrected chi connectivity index (χ2v) is 5.58. The first-order valence-corrected chi connectivity index (χ1v) is 7.98. The van der Waals surface area contributed by atoms with Gasteiger partial charge >= 0.3 is 0 Å². The summed E-state index contributed by atoms with van der Waals surface area (Å²) in [5.74, 6) is -0.427. The monoisotopic (exact) mass is 334 g/mol. The number of hydrogen-bond donors (Lipinski definition) is 2. The quantitative estimate of drug-likeness (QED) is 0.700. The van der Waals surface area contributed by atoms with Crippen LogP contribution in [0.5, 0.6) is 0 Å². The third-order valence-corrected chi connectivity index (χ3v) is 3.75. The predicted octanol–water partition coefficient (Wildman–Crippen LogP) is 2.10. The lowest BCUT2D eigenvalue weighted by Crippen LogP contribution is -2.34. The smallest absolute Gasteiger partial charge is 0.253 e. The maximum atomic E-state index is 12.3. The second kappa shape index (κ2) is 7.53. The summed E-state index contributed by atoms with van der Waals surface area (Å²) >= 11 is 0. The Kier molecular flexibility index (Phi) is 4.99. The van der Waals surface area contributed by atoms with Crippen molar-refractivity contribution in [2.24, 2.45) is 0 Å². The molecule has 0 atom stereocenters. The summed E-state index contributed by atoms with van der Waals surface area (Å²) < 4.78 is 0. The highest BCUT2D eigenvalue weighted by Crippen LogP contribution is 2.15. The molecule has 0 bridgehead atoms. The minimum atomic E-state index is -0.214. The molecule has 0 aliphatic heterocycles. The highest BCUT2D eigenvalue weighted by Gasteiger charge is 2.10. The molecule has 126 valence electrons. The molecule has 2 amide bonds. The Labute approximate surface area is 145 Å². The lowest BCUT2D eigenvalue weighted by molar-refractivity contribution is 0.0928. The van der Waals surface area contributed by atoms with Crippen LogP contribution in [0.15, 0.2) is 54.9 Å². The van der Waals surface area contributed by atoms with Crippen molar-refractivity contribution in [3.8, 4) is 0 Å². The fraction of sp³-hybridized carbons (Fsp3) is 0.158. The molecule has 0 aliphatic rings. The number of fused-ring (bicyclic) bond motifs is 1. The Morgan fingerprint density at radius 3 is 2.44 bits per heavy atom. The second-order valence-electron chi connectivity index (χ2n) is 5.58. The zero-order valence-corrected chi connectivity index (χ0v) is 13.8. The maximum absolute atomic E-state index is 12.3. The number of pyridine rings is 2. The highest BCUT2D eigenvalue weighted by molar-refractivity contribution is 6.05. The molecule has 0 aliphatic carbocycles. The van der Waals surface area contributed by atoms with Gasteiger partial charge in [0.05, 0.1) is 16.6 Å². The van der Waals surface area contributed by atoms with E-state index in [1.807, 2.05) is 31.2 Å². The zero-order chi connectivity index (χ0) is 17.6. The summed E-state index contributed by atoms with van der Waals surface area (Å²) in [5, 5.41) is 6.46. The van der Waals surface area contributed by atoms with Crippen molar-refractivity contribution in [3.63, 3.8) is 0 Å². The molecular weight excluding hydrogens is 316 g/mol. The highest BCUT2D eigenvalue weighted by atomic mass is 16.2. The van der Waals surface area contributed by atoms with Gasteiger partial charge in [-0.2, -0.15) is 0 Å². The van der Waals surface area contributed by atoms with Crippen LogP contribution in [-0.2, 0) is 0 Å². The average molecular weight is 334 g/mol. The zero-order valence-electron chi connectivity index (χ0n) is 13.8. The summed E-state index contributed by atoms with van der Waals surface area (Å²) in [4.78, 5) is 32.7. The summed E-state index contributed by atoms with van der Waals surface area (Å²) in [7, 11) is 0. The molecule has 6 nitrogen and oxygen atoms in total. The van der Waals surface area contributed by atoms with Crippen LogP contribution in [0.25, 0.3) is 10.9 Å². The van der Waals surface area contributed by atoms with E-state index in [4.69, 9.17) is 0 Å². The number of benzene rings is 1. The molecule has 0 fully saturated rings. The van der Waals surface area contributed by atoms with Crippen LogP contribution >= 0.6 is 0 Å². The van der Waals surface area contributed by atoms with E-state index in [0.717, 1.165) is 11.1 Å². The van der Waals surface area contributed by atoms with Crippen LogP contribution in [0.2, 0.25) is 0 Å². The number of aryl methyl sites for hydroxylation is 1. The van der Waals surface area contributed by atoms with Gasteiger partial charge < -0.3 is 10.6 Å². The van der Waals surface area contributed by atoms with Crippen molar-refractivity contribution >= 4 is 22.7 Å². The number of para-hydroxylation sites is 1. The minimum absolute atomic E-state index is 0.212. The Hall–Kier alpha value is -3.28. The van der Waals surface area contributed by atoms with E-state index < -0.39 is 0 Å². The molecule has 0 saturated heterocycles. The molecule has 0 radical (unpaired) electrons. The van der Waals surface area contributed by atoms with Crippen molar-refractivity contribution in [1.82, 2.24) is 20.6 Å². The van der Waals surface area contributed by atoms with Crippen LogP contribution in [0.3, 0.4) is 0 Å². The van der Waals surface area contributed by atoms with Crippen LogP contribution in [0.4, 0.5) is 0 Å². The molecule has 2 heterocycles. The topological polar surface area (TPSA) is 84.0 Å². The van der Waals surface area contributed by atoms with Crippen LogP contribution in [0, 0.1) is 6.92 Å². The minimum Gasteiger partial charge on any atom is -0.350 e. The number of nitrogens with zero attached hydrogens (tertiary/aromatic N) is 2. The third-order valence-electron chi connectivity index (χ3n) is 3.75. The van der Waals surface area contributed by atoms with E-state index in [9.17, 15) is 9.59 Å². The molecule has 2 N–H and O–H groups in total. The van der Waals surface area contributed by atoms with E-state index in [2.05, 4.69) is 20.6 Å². The normalized spacial score (nSPS) is 10.4. The number of aromatic nitrogens is 2. The Bertz CT molecular complexity index is 901. The summed E-state index contributed by atoms with van der Waals surface area (Å²) in [6.07, 6.45) is 3.19. The predicted molar refractivity (Wildman–Crippen MR) is 95.4 cm³/mol. The molecule has 3 rings (SSSR count). The Balaban J connectivity index is 1.54. The number of carbonyl (C=O) groups excluding carboxylic acids is 2. The van der Waals surface area contributed by atoms with Crippen LogP contribution < -0.4 is 10.6 Å². The van der Waals surface area contributed by atoms with Gasteiger partial charge in [-0.05, 0) is 31.2 Å².